The number of nitrogens with one attached hydrogen (secondary N) is 1. The van der Waals surface area contributed by atoms with Gasteiger partial charge in [-0.3, -0.25) is 0 Å². The van der Waals surface area contributed by atoms with Crippen LogP contribution in [-0.4, -0.2) is 33.0 Å². The van der Waals surface area contributed by atoms with E-state index in [-0.39, 0.29) is 9.72 Å². The second-order valence-corrected chi connectivity index (χ2v) is 7.60. The van der Waals surface area contributed by atoms with Gasteiger partial charge in [-0.15, -0.1) is 0 Å². The summed E-state index contributed by atoms with van der Waals surface area (Å²) in [6.07, 6.45) is 0.726. The van der Waals surface area contributed by atoms with Crippen molar-refractivity contribution in [2.45, 2.75) is 23.1 Å². The summed E-state index contributed by atoms with van der Waals surface area (Å²) in [6.45, 7) is 3.28. The lowest BCUT2D eigenvalue weighted by Crippen LogP contribution is -2.26. The van der Waals surface area contributed by atoms with Gasteiger partial charge in [-0.05, 0) is 18.6 Å². The SMILES string of the molecule is CC(Br)CCNS(=O)(=O)c1ccc2c(c1)OCCO2. The Hall–Kier alpha value is -0.790. The average Bonchev–Trinajstić information content (AvgIpc) is 2.37. The summed E-state index contributed by atoms with van der Waals surface area (Å²) in [7, 11) is -3.50. The predicted molar refractivity (Wildman–Crippen MR) is 75.6 cm³/mol. The minimum absolute atomic E-state index is 0.193. The first-order chi connectivity index (χ1) is 8.99. The molecule has 1 N–H and O–H groups in total. The third kappa shape index (κ3) is 3.84. The fourth-order valence-electron chi connectivity index (χ4n) is 1.67. The van der Waals surface area contributed by atoms with Gasteiger partial charge < -0.3 is 9.47 Å². The second-order valence-electron chi connectivity index (χ2n) is 4.27. The molecule has 0 bridgehead atoms. The van der Waals surface area contributed by atoms with Crippen molar-refractivity contribution in [1.29, 1.82) is 0 Å². The van der Waals surface area contributed by atoms with Crippen molar-refractivity contribution in [3.8, 4) is 11.5 Å². The molecular weight excluding hydrogens is 334 g/mol. The molecule has 1 aliphatic heterocycles. The Morgan fingerprint density at radius 2 is 2.00 bits per heavy atom. The van der Waals surface area contributed by atoms with Gasteiger partial charge in [-0.25, -0.2) is 13.1 Å². The normalized spacial score (nSPS) is 16.1. The van der Waals surface area contributed by atoms with Crippen LogP contribution in [0.25, 0.3) is 0 Å². The maximum atomic E-state index is 12.1. The number of hydrogen-bond acceptors (Lipinski definition) is 4. The highest BCUT2D eigenvalue weighted by Gasteiger charge is 2.19. The summed E-state index contributed by atoms with van der Waals surface area (Å²) < 4.78 is 37.4. The molecule has 1 aromatic carbocycles. The van der Waals surface area contributed by atoms with Crippen LogP contribution in [-0.2, 0) is 10.0 Å². The largest absolute Gasteiger partial charge is 0.486 e. The molecule has 19 heavy (non-hydrogen) atoms. The van der Waals surface area contributed by atoms with E-state index < -0.39 is 10.0 Å². The molecule has 0 amide bonds. The van der Waals surface area contributed by atoms with Gasteiger partial charge in [0.15, 0.2) is 11.5 Å². The van der Waals surface area contributed by atoms with Crippen LogP contribution in [0.15, 0.2) is 23.1 Å². The second kappa shape index (κ2) is 6.11. The van der Waals surface area contributed by atoms with E-state index in [1.165, 1.54) is 12.1 Å². The molecule has 7 heteroatoms. The number of benzene rings is 1. The van der Waals surface area contributed by atoms with E-state index in [9.17, 15) is 8.42 Å². The Kier molecular flexibility index (Phi) is 4.70. The van der Waals surface area contributed by atoms with E-state index in [1.807, 2.05) is 6.92 Å². The van der Waals surface area contributed by atoms with Crippen LogP contribution in [0.4, 0.5) is 0 Å². The molecule has 0 radical (unpaired) electrons. The summed E-state index contributed by atoms with van der Waals surface area (Å²) in [5, 5.41) is 0. The molecule has 1 unspecified atom stereocenters. The van der Waals surface area contributed by atoms with E-state index in [4.69, 9.17) is 9.47 Å². The summed E-state index contributed by atoms with van der Waals surface area (Å²) in [5.74, 6) is 1.06. The average molecular weight is 350 g/mol. The van der Waals surface area contributed by atoms with E-state index in [2.05, 4.69) is 20.7 Å². The Labute approximate surface area is 121 Å². The molecule has 2 rings (SSSR count). The van der Waals surface area contributed by atoms with E-state index in [1.54, 1.807) is 6.07 Å². The zero-order chi connectivity index (χ0) is 13.9. The molecule has 1 heterocycles. The van der Waals surface area contributed by atoms with Crippen LogP contribution in [0, 0.1) is 0 Å². The summed E-state index contributed by atoms with van der Waals surface area (Å²) >= 11 is 3.38. The fourth-order valence-corrected chi connectivity index (χ4v) is 2.96. The van der Waals surface area contributed by atoms with E-state index in [0.717, 1.165) is 6.42 Å². The maximum absolute atomic E-state index is 12.1. The van der Waals surface area contributed by atoms with Crippen LogP contribution in [0.2, 0.25) is 0 Å². The van der Waals surface area contributed by atoms with Crippen molar-refractivity contribution in [1.82, 2.24) is 4.72 Å². The van der Waals surface area contributed by atoms with Gasteiger partial charge in [-0.2, -0.15) is 0 Å². The lowest BCUT2D eigenvalue weighted by atomic mass is 10.3. The smallest absolute Gasteiger partial charge is 0.240 e. The molecule has 1 atom stereocenters. The quantitative estimate of drug-likeness (QED) is 0.824. The van der Waals surface area contributed by atoms with Gasteiger partial charge in [0.05, 0.1) is 4.90 Å². The van der Waals surface area contributed by atoms with Crippen LogP contribution >= 0.6 is 15.9 Å². The molecule has 1 aliphatic rings. The Balaban J connectivity index is 2.12. The van der Waals surface area contributed by atoms with Crippen molar-refractivity contribution in [2.24, 2.45) is 0 Å². The molecule has 0 aliphatic carbocycles. The van der Waals surface area contributed by atoms with Crippen LogP contribution < -0.4 is 14.2 Å². The molecule has 5 nitrogen and oxygen atoms in total. The lowest BCUT2D eigenvalue weighted by molar-refractivity contribution is 0.171. The summed E-state index contributed by atoms with van der Waals surface area (Å²) in [4.78, 5) is 0.467. The lowest BCUT2D eigenvalue weighted by Gasteiger charge is -2.19. The number of hydrogen-bond donors (Lipinski definition) is 1. The summed E-state index contributed by atoms with van der Waals surface area (Å²) in [5.41, 5.74) is 0. The van der Waals surface area contributed by atoms with Crippen molar-refractivity contribution in [2.75, 3.05) is 19.8 Å². The fraction of sp³-hybridized carbons (Fsp3) is 0.500. The number of ether oxygens (including phenoxy) is 2. The molecule has 0 aromatic heterocycles. The number of fused-ring (bicyclic) bond motifs is 1. The molecular formula is C12H16BrNO4S. The maximum Gasteiger partial charge on any atom is 0.240 e. The van der Waals surface area contributed by atoms with Crippen LogP contribution in [0.5, 0.6) is 11.5 Å². The highest BCUT2D eigenvalue weighted by atomic mass is 79.9. The van der Waals surface area contributed by atoms with Gasteiger partial charge in [0.1, 0.15) is 13.2 Å². The highest BCUT2D eigenvalue weighted by Crippen LogP contribution is 2.32. The third-order valence-corrected chi connectivity index (χ3v) is 4.57. The zero-order valence-corrected chi connectivity index (χ0v) is 13.0. The number of sulfonamides is 1. The molecule has 0 saturated heterocycles. The van der Waals surface area contributed by atoms with Gasteiger partial charge in [0.2, 0.25) is 10.0 Å². The number of halogens is 1. The first-order valence-electron chi connectivity index (χ1n) is 6.02. The minimum Gasteiger partial charge on any atom is -0.486 e. The molecule has 106 valence electrons. The predicted octanol–water partition coefficient (Wildman–Crippen LogP) is 1.91. The van der Waals surface area contributed by atoms with Gasteiger partial charge in [0, 0.05) is 17.4 Å². The molecule has 0 saturated carbocycles. The number of rotatable bonds is 5. The first-order valence-corrected chi connectivity index (χ1v) is 8.42. The molecule has 0 fully saturated rings. The van der Waals surface area contributed by atoms with Crippen molar-refractivity contribution >= 4 is 26.0 Å². The van der Waals surface area contributed by atoms with Crippen molar-refractivity contribution in [3.05, 3.63) is 18.2 Å². The van der Waals surface area contributed by atoms with Crippen molar-refractivity contribution < 1.29 is 17.9 Å². The van der Waals surface area contributed by atoms with E-state index >= 15 is 0 Å². The van der Waals surface area contributed by atoms with Crippen molar-refractivity contribution in [3.63, 3.8) is 0 Å². The highest BCUT2D eigenvalue weighted by molar-refractivity contribution is 9.09. The third-order valence-electron chi connectivity index (χ3n) is 2.66. The standard InChI is InChI=1S/C12H16BrNO4S/c1-9(13)4-5-14-19(15,16)10-2-3-11-12(8-10)18-7-6-17-11/h2-3,8-9,14H,4-7H2,1H3. The monoisotopic (exact) mass is 349 g/mol. The Bertz CT molecular complexity index is 545. The van der Waals surface area contributed by atoms with Crippen LogP contribution in [0.3, 0.4) is 0 Å². The van der Waals surface area contributed by atoms with E-state index in [0.29, 0.717) is 31.3 Å². The Morgan fingerprint density at radius 3 is 2.68 bits per heavy atom. The first kappa shape index (κ1) is 14.6. The summed E-state index contributed by atoms with van der Waals surface area (Å²) in [6, 6.07) is 4.64. The minimum atomic E-state index is -3.50. The molecule has 1 aromatic rings. The van der Waals surface area contributed by atoms with Gasteiger partial charge in [0.25, 0.3) is 0 Å². The number of alkyl halides is 1. The van der Waals surface area contributed by atoms with Crippen LogP contribution in [0.1, 0.15) is 13.3 Å². The van der Waals surface area contributed by atoms with Gasteiger partial charge in [-0.1, -0.05) is 22.9 Å². The Morgan fingerprint density at radius 1 is 1.32 bits per heavy atom. The van der Waals surface area contributed by atoms with Gasteiger partial charge >= 0.3 is 0 Å². The molecule has 0 spiro atoms. The zero-order valence-electron chi connectivity index (χ0n) is 10.6. The topological polar surface area (TPSA) is 64.6 Å².